The van der Waals surface area contributed by atoms with Crippen LogP contribution in [0.15, 0.2) is 35.7 Å². The molecule has 0 saturated carbocycles. The summed E-state index contributed by atoms with van der Waals surface area (Å²) in [6.07, 6.45) is 0. The average Bonchev–Trinajstić information content (AvgIpc) is 3.08. The summed E-state index contributed by atoms with van der Waals surface area (Å²) in [5, 5.41) is 5.40. The fraction of sp³-hybridized carbons (Fsp3) is 0.400. The highest BCUT2D eigenvalue weighted by atomic mass is 32.1. The number of ether oxygens (including phenoxy) is 1. The lowest BCUT2D eigenvalue weighted by atomic mass is 10.2. The lowest BCUT2D eigenvalue weighted by Crippen LogP contribution is -2.19. The van der Waals surface area contributed by atoms with Crippen LogP contribution in [-0.4, -0.2) is 28.8 Å². The summed E-state index contributed by atoms with van der Waals surface area (Å²) < 4.78 is 32.7. The van der Waals surface area contributed by atoms with E-state index in [-0.39, 0.29) is 25.5 Å². The minimum atomic E-state index is -3.77. The smallest absolute Gasteiger partial charge is 0.351 e. The van der Waals surface area contributed by atoms with Crippen molar-refractivity contribution in [3.05, 3.63) is 47.0 Å². The Kier molecular flexibility index (Phi) is 7.05. The van der Waals surface area contributed by atoms with Crippen LogP contribution in [0.3, 0.4) is 0 Å². The van der Waals surface area contributed by atoms with Gasteiger partial charge in [-0.3, -0.25) is 9.36 Å². The van der Waals surface area contributed by atoms with E-state index in [4.69, 9.17) is 13.8 Å². The van der Waals surface area contributed by atoms with Gasteiger partial charge in [0.25, 0.3) is 0 Å². The predicted molar refractivity (Wildman–Crippen MR) is 89.7 cm³/mol. The molecule has 0 aliphatic carbocycles. The van der Waals surface area contributed by atoms with E-state index in [1.165, 1.54) is 0 Å². The number of aromatic nitrogens is 2. The fourth-order valence-electron chi connectivity index (χ4n) is 2.06. The number of rotatable bonds is 9. The molecule has 0 aliphatic rings. The molecule has 9 heteroatoms. The molecule has 0 amide bonds. The predicted octanol–water partition coefficient (Wildman–Crippen LogP) is 3.59. The second-order valence-corrected chi connectivity index (χ2v) is 7.42. The molecule has 0 saturated heterocycles. The van der Waals surface area contributed by atoms with Crippen molar-refractivity contribution >= 4 is 25.1 Å². The Hall–Kier alpha value is -1.60. The molecule has 1 heterocycles. The van der Waals surface area contributed by atoms with Gasteiger partial charge in [-0.15, -0.1) is 5.10 Å². The van der Waals surface area contributed by atoms with Crippen LogP contribution in [0.1, 0.15) is 30.8 Å². The van der Waals surface area contributed by atoms with Gasteiger partial charge in [-0.25, -0.2) is 0 Å². The minimum absolute atomic E-state index is 0.0615. The van der Waals surface area contributed by atoms with Gasteiger partial charge in [0.1, 0.15) is 12.3 Å². The molecule has 1 aromatic carbocycles. The van der Waals surface area contributed by atoms with Crippen molar-refractivity contribution in [3.63, 3.8) is 0 Å². The van der Waals surface area contributed by atoms with Gasteiger partial charge < -0.3 is 13.8 Å². The summed E-state index contributed by atoms with van der Waals surface area (Å²) in [5.74, 6) is -0.711. The number of carbonyl (C=O) groups excluding carboxylic acids is 1. The van der Waals surface area contributed by atoms with E-state index in [1.54, 1.807) is 19.2 Å². The molecule has 2 rings (SSSR count). The Morgan fingerprint density at radius 2 is 1.88 bits per heavy atom. The first-order chi connectivity index (χ1) is 11.6. The Morgan fingerprint density at radius 1 is 1.21 bits per heavy atom. The Bertz CT molecular complexity index is 670. The van der Waals surface area contributed by atoms with E-state index >= 15 is 0 Å². The third-order valence-corrected chi connectivity index (χ3v) is 5.91. The first kappa shape index (κ1) is 18.7. The van der Waals surface area contributed by atoms with Crippen molar-refractivity contribution in [2.75, 3.05) is 13.2 Å². The number of benzene rings is 1. The molecule has 24 heavy (non-hydrogen) atoms. The third kappa shape index (κ3) is 4.70. The molecular formula is C15H19N2O5PS. The Labute approximate surface area is 144 Å². The highest BCUT2D eigenvalue weighted by Crippen LogP contribution is 2.61. The van der Waals surface area contributed by atoms with E-state index in [2.05, 4.69) is 9.59 Å². The molecule has 0 spiro atoms. The second kappa shape index (κ2) is 9.03. The van der Waals surface area contributed by atoms with Crippen LogP contribution < -0.4 is 0 Å². The zero-order chi connectivity index (χ0) is 17.4. The van der Waals surface area contributed by atoms with Crippen LogP contribution in [-0.2, 0) is 29.8 Å². The van der Waals surface area contributed by atoms with Gasteiger partial charge in [0, 0.05) is 5.38 Å². The molecule has 1 unspecified atom stereocenters. The summed E-state index contributed by atoms with van der Waals surface area (Å²) in [6.45, 7) is 3.69. The SMILES string of the molecule is CCOP(=O)(OCC)C(C(=O)OCc1ccccc1)c1csnn1. The van der Waals surface area contributed by atoms with E-state index in [1.807, 2.05) is 30.3 Å². The van der Waals surface area contributed by atoms with Crippen molar-refractivity contribution < 1.29 is 23.1 Å². The molecule has 2 aromatic rings. The van der Waals surface area contributed by atoms with Crippen molar-refractivity contribution in [2.24, 2.45) is 0 Å². The maximum Gasteiger partial charge on any atom is 0.351 e. The largest absolute Gasteiger partial charge is 0.460 e. The number of nitrogens with zero attached hydrogens (tertiary/aromatic N) is 2. The maximum atomic E-state index is 13.1. The van der Waals surface area contributed by atoms with Gasteiger partial charge in [0.05, 0.1) is 13.2 Å². The quantitative estimate of drug-likeness (QED) is 0.492. The van der Waals surface area contributed by atoms with Crippen LogP contribution in [0.2, 0.25) is 0 Å². The molecule has 0 radical (unpaired) electrons. The molecule has 1 aromatic heterocycles. The van der Waals surface area contributed by atoms with Gasteiger partial charge in [-0.1, -0.05) is 34.8 Å². The number of hydrogen-bond donors (Lipinski definition) is 0. The van der Waals surface area contributed by atoms with Crippen molar-refractivity contribution in [2.45, 2.75) is 26.1 Å². The molecule has 0 bridgehead atoms. The number of esters is 1. The van der Waals surface area contributed by atoms with Crippen LogP contribution in [0.25, 0.3) is 0 Å². The summed E-state index contributed by atoms with van der Waals surface area (Å²) in [5.41, 5.74) is -0.202. The first-order valence-corrected chi connectivity index (χ1v) is 9.91. The molecule has 7 nitrogen and oxygen atoms in total. The van der Waals surface area contributed by atoms with Crippen LogP contribution in [0.5, 0.6) is 0 Å². The summed E-state index contributed by atoms with van der Waals surface area (Å²) in [6, 6.07) is 9.22. The lowest BCUT2D eigenvalue weighted by molar-refractivity contribution is -0.145. The molecule has 0 aliphatic heterocycles. The standard InChI is InChI=1S/C15H19N2O5PS/c1-3-21-23(19,22-4-2)14(13-11-24-17-16-13)15(18)20-10-12-8-6-5-7-9-12/h5-9,11,14H,3-4,10H2,1-2H3. The minimum Gasteiger partial charge on any atom is -0.460 e. The zero-order valence-electron chi connectivity index (χ0n) is 13.5. The van der Waals surface area contributed by atoms with Crippen molar-refractivity contribution in [3.8, 4) is 0 Å². The van der Waals surface area contributed by atoms with Gasteiger partial charge in [-0.05, 0) is 30.9 Å². The van der Waals surface area contributed by atoms with Gasteiger partial charge in [-0.2, -0.15) is 0 Å². The van der Waals surface area contributed by atoms with Crippen molar-refractivity contribution in [1.29, 1.82) is 0 Å². The third-order valence-electron chi connectivity index (χ3n) is 3.04. The molecule has 1 atom stereocenters. The molecular weight excluding hydrogens is 351 g/mol. The van der Waals surface area contributed by atoms with Crippen LogP contribution in [0.4, 0.5) is 0 Å². The van der Waals surface area contributed by atoms with Crippen LogP contribution >= 0.6 is 19.1 Å². The molecule has 0 fully saturated rings. The monoisotopic (exact) mass is 370 g/mol. The second-order valence-electron chi connectivity index (χ2n) is 4.70. The van der Waals surface area contributed by atoms with Crippen molar-refractivity contribution in [1.82, 2.24) is 9.59 Å². The first-order valence-electron chi connectivity index (χ1n) is 7.47. The zero-order valence-corrected chi connectivity index (χ0v) is 15.2. The Balaban J connectivity index is 2.22. The summed E-state index contributed by atoms with van der Waals surface area (Å²) in [4.78, 5) is 12.6. The summed E-state index contributed by atoms with van der Waals surface area (Å²) >= 11 is 1.05. The fourth-order valence-corrected chi connectivity index (χ4v) is 4.51. The number of carbonyl (C=O) groups is 1. The Morgan fingerprint density at radius 3 is 2.42 bits per heavy atom. The summed E-state index contributed by atoms with van der Waals surface area (Å²) in [7, 11) is -3.77. The average molecular weight is 370 g/mol. The van der Waals surface area contributed by atoms with E-state index in [0.717, 1.165) is 17.1 Å². The normalized spacial score (nSPS) is 12.8. The van der Waals surface area contributed by atoms with Gasteiger partial charge in [0.15, 0.2) is 0 Å². The lowest BCUT2D eigenvalue weighted by Gasteiger charge is -2.23. The highest BCUT2D eigenvalue weighted by molar-refractivity contribution is 7.55. The van der Waals surface area contributed by atoms with E-state index in [0.29, 0.717) is 0 Å². The molecule has 130 valence electrons. The van der Waals surface area contributed by atoms with E-state index < -0.39 is 19.2 Å². The highest BCUT2D eigenvalue weighted by Gasteiger charge is 2.45. The molecule has 0 N–H and O–H groups in total. The van der Waals surface area contributed by atoms with Crippen LogP contribution in [0, 0.1) is 0 Å². The number of hydrogen-bond acceptors (Lipinski definition) is 8. The van der Waals surface area contributed by atoms with E-state index in [9.17, 15) is 9.36 Å². The van der Waals surface area contributed by atoms with Gasteiger partial charge in [0.2, 0.25) is 5.66 Å². The van der Waals surface area contributed by atoms with Gasteiger partial charge >= 0.3 is 13.6 Å². The topological polar surface area (TPSA) is 87.6 Å². The maximum absolute atomic E-state index is 13.1.